The molecule has 0 fully saturated rings. The number of amides is 1. The standard InChI is InChI=1S/C18H9F6N5O/c19-17(20,21)11-4-5-14(26-8-11)29-15(18(22,23)24)13(9-27-29)16(30)28-12-3-1-2-10(6-12)7-25/h1-6,8-9H,(H,28,30). The summed E-state index contributed by atoms with van der Waals surface area (Å²) in [5, 5.41) is 14.6. The smallest absolute Gasteiger partial charge is 0.322 e. The molecular formula is C18H9F6N5O. The van der Waals surface area contributed by atoms with Gasteiger partial charge >= 0.3 is 12.4 Å². The van der Waals surface area contributed by atoms with Crippen LogP contribution in [0.2, 0.25) is 0 Å². The third kappa shape index (κ3) is 4.24. The van der Waals surface area contributed by atoms with Crippen molar-refractivity contribution in [3.63, 3.8) is 0 Å². The Morgan fingerprint density at radius 1 is 1.03 bits per heavy atom. The zero-order chi connectivity index (χ0) is 22.1. The highest BCUT2D eigenvalue weighted by molar-refractivity contribution is 6.05. The number of carbonyl (C=O) groups excluding carboxylic acids is 1. The summed E-state index contributed by atoms with van der Waals surface area (Å²) in [6, 6.07) is 8.57. The molecule has 3 aromatic rings. The predicted octanol–water partition coefficient (Wildman–Crippen LogP) is 4.43. The third-order valence-corrected chi connectivity index (χ3v) is 3.82. The molecule has 154 valence electrons. The van der Waals surface area contributed by atoms with Crippen molar-refractivity contribution in [1.82, 2.24) is 14.8 Å². The van der Waals surface area contributed by atoms with Crippen LogP contribution in [0.3, 0.4) is 0 Å². The Labute approximate surface area is 164 Å². The summed E-state index contributed by atoms with van der Waals surface area (Å²) in [5.74, 6) is -1.73. The largest absolute Gasteiger partial charge is 0.434 e. The van der Waals surface area contributed by atoms with E-state index in [4.69, 9.17) is 5.26 Å². The van der Waals surface area contributed by atoms with Gasteiger partial charge in [0.15, 0.2) is 11.5 Å². The van der Waals surface area contributed by atoms with Crippen LogP contribution < -0.4 is 5.32 Å². The summed E-state index contributed by atoms with van der Waals surface area (Å²) in [7, 11) is 0. The van der Waals surface area contributed by atoms with E-state index in [-0.39, 0.29) is 15.9 Å². The molecule has 0 aliphatic carbocycles. The molecule has 1 N–H and O–H groups in total. The van der Waals surface area contributed by atoms with Crippen molar-refractivity contribution in [1.29, 1.82) is 5.26 Å². The van der Waals surface area contributed by atoms with Gasteiger partial charge in [0.05, 0.1) is 29.0 Å². The van der Waals surface area contributed by atoms with E-state index < -0.39 is 40.9 Å². The quantitative estimate of drug-likeness (QED) is 0.630. The first kappa shape index (κ1) is 20.8. The van der Waals surface area contributed by atoms with Crippen molar-refractivity contribution in [2.45, 2.75) is 12.4 Å². The van der Waals surface area contributed by atoms with E-state index in [1.54, 1.807) is 0 Å². The molecule has 0 atom stereocenters. The highest BCUT2D eigenvalue weighted by Gasteiger charge is 2.41. The fourth-order valence-electron chi connectivity index (χ4n) is 2.51. The molecule has 30 heavy (non-hydrogen) atoms. The number of alkyl halides is 6. The molecule has 1 aromatic carbocycles. The lowest BCUT2D eigenvalue weighted by Gasteiger charge is -2.13. The second kappa shape index (κ2) is 7.51. The Kier molecular flexibility index (Phi) is 5.22. The van der Waals surface area contributed by atoms with Gasteiger partial charge in [-0.15, -0.1) is 0 Å². The Morgan fingerprint density at radius 3 is 2.33 bits per heavy atom. The minimum Gasteiger partial charge on any atom is -0.322 e. The van der Waals surface area contributed by atoms with Gasteiger partial charge in [0.1, 0.15) is 0 Å². The number of carbonyl (C=O) groups is 1. The van der Waals surface area contributed by atoms with E-state index in [0.717, 1.165) is 0 Å². The van der Waals surface area contributed by atoms with Crippen molar-refractivity contribution in [2.24, 2.45) is 0 Å². The number of hydrogen-bond acceptors (Lipinski definition) is 4. The molecule has 2 heterocycles. The van der Waals surface area contributed by atoms with Gasteiger partial charge in [-0.2, -0.15) is 36.7 Å². The number of hydrogen-bond donors (Lipinski definition) is 1. The number of nitrogens with one attached hydrogen (secondary N) is 1. The fourth-order valence-corrected chi connectivity index (χ4v) is 2.51. The molecule has 0 aliphatic rings. The van der Waals surface area contributed by atoms with Crippen molar-refractivity contribution in [2.75, 3.05) is 5.32 Å². The molecule has 0 unspecified atom stereocenters. The zero-order valence-electron chi connectivity index (χ0n) is 14.6. The Hall–Kier alpha value is -3.88. The van der Waals surface area contributed by atoms with E-state index in [9.17, 15) is 31.1 Å². The van der Waals surface area contributed by atoms with Crippen LogP contribution in [0.5, 0.6) is 0 Å². The highest BCUT2D eigenvalue weighted by Crippen LogP contribution is 2.34. The number of halogens is 6. The van der Waals surface area contributed by atoms with Gasteiger partial charge in [-0.3, -0.25) is 4.79 Å². The number of rotatable bonds is 3. The summed E-state index contributed by atoms with van der Waals surface area (Å²) >= 11 is 0. The molecule has 0 saturated carbocycles. The van der Waals surface area contributed by atoms with Crippen molar-refractivity contribution in [3.05, 3.63) is 71.2 Å². The monoisotopic (exact) mass is 425 g/mol. The molecule has 3 rings (SSSR count). The first-order valence-corrected chi connectivity index (χ1v) is 8.01. The van der Waals surface area contributed by atoms with Gasteiger partial charge in [-0.05, 0) is 30.3 Å². The first-order valence-electron chi connectivity index (χ1n) is 8.01. The molecule has 2 aromatic heterocycles. The number of nitrogens with zero attached hydrogens (tertiary/aromatic N) is 4. The highest BCUT2D eigenvalue weighted by atomic mass is 19.4. The number of benzene rings is 1. The molecule has 0 aliphatic heterocycles. The van der Waals surface area contributed by atoms with Crippen molar-refractivity contribution >= 4 is 11.6 Å². The maximum Gasteiger partial charge on any atom is 0.434 e. The second-order valence-corrected chi connectivity index (χ2v) is 5.87. The van der Waals surface area contributed by atoms with Crippen LogP contribution in [0, 0.1) is 11.3 Å². The molecule has 0 bridgehead atoms. The van der Waals surface area contributed by atoms with Gasteiger partial charge in [0.25, 0.3) is 5.91 Å². The van der Waals surface area contributed by atoms with Crippen LogP contribution >= 0.6 is 0 Å². The molecule has 1 amide bonds. The van der Waals surface area contributed by atoms with Gasteiger partial charge in [0.2, 0.25) is 0 Å². The molecule has 6 nitrogen and oxygen atoms in total. The summed E-state index contributed by atoms with van der Waals surface area (Å²) in [6.45, 7) is 0. The van der Waals surface area contributed by atoms with Gasteiger partial charge in [-0.25, -0.2) is 9.67 Å². The Morgan fingerprint density at radius 2 is 1.77 bits per heavy atom. The van der Waals surface area contributed by atoms with Gasteiger partial charge < -0.3 is 5.32 Å². The molecule has 0 spiro atoms. The van der Waals surface area contributed by atoms with Crippen LogP contribution in [0.15, 0.2) is 48.8 Å². The number of aromatic nitrogens is 3. The topological polar surface area (TPSA) is 83.6 Å². The average Bonchev–Trinajstić information content (AvgIpc) is 3.13. The average molecular weight is 425 g/mol. The van der Waals surface area contributed by atoms with Crippen LogP contribution in [-0.4, -0.2) is 20.7 Å². The van der Waals surface area contributed by atoms with Crippen molar-refractivity contribution in [3.8, 4) is 11.9 Å². The first-order chi connectivity index (χ1) is 14.0. The van der Waals surface area contributed by atoms with Gasteiger partial charge in [0, 0.05) is 11.9 Å². The fraction of sp³-hybridized carbons (Fsp3) is 0.111. The Bertz CT molecular complexity index is 1130. The molecule has 0 radical (unpaired) electrons. The maximum atomic E-state index is 13.6. The number of anilines is 1. The predicted molar refractivity (Wildman–Crippen MR) is 90.5 cm³/mol. The summed E-state index contributed by atoms with van der Waals surface area (Å²) in [5.41, 5.74) is -3.28. The zero-order valence-corrected chi connectivity index (χ0v) is 14.6. The van der Waals surface area contributed by atoms with Crippen LogP contribution in [0.1, 0.15) is 27.2 Å². The lowest BCUT2D eigenvalue weighted by atomic mass is 10.2. The Balaban J connectivity index is 2.00. The molecule has 0 saturated heterocycles. The minimum absolute atomic E-state index is 0.0765. The van der Waals surface area contributed by atoms with Crippen molar-refractivity contribution < 1.29 is 31.1 Å². The lowest BCUT2D eigenvalue weighted by Crippen LogP contribution is -2.21. The molecule has 12 heteroatoms. The van der Waals surface area contributed by atoms with Gasteiger partial charge in [-0.1, -0.05) is 6.07 Å². The summed E-state index contributed by atoms with van der Waals surface area (Å²) in [4.78, 5) is 15.8. The normalized spacial score (nSPS) is 11.8. The van der Waals surface area contributed by atoms with E-state index in [0.29, 0.717) is 24.5 Å². The maximum absolute atomic E-state index is 13.6. The number of nitriles is 1. The summed E-state index contributed by atoms with van der Waals surface area (Å²) in [6.07, 6.45) is -8.79. The summed E-state index contributed by atoms with van der Waals surface area (Å²) < 4.78 is 79.0. The second-order valence-electron chi connectivity index (χ2n) is 5.87. The molecular weight excluding hydrogens is 416 g/mol. The van der Waals surface area contributed by atoms with E-state index >= 15 is 0 Å². The number of pyridine rings is 1. The van der Waals surface area contributed by atoms with E-state index in [1.165, 1.54) is 24.3 Å². The van der Waals surface area contributed by atoms with E-state index in [2.05, 4.69) is 15.4 Å². The van der Waals surface area contributed by atoms with Crippen LogP contribution in [-0.2, 0) is 12.4 Å². The van der Waals surface area contributed by atoms with Crippen LogP contribution in [0.4, 0.5) is 32.0 Å². The van der Waals surface area contributed by atoms with Crippen LogP contribution in [0.25, 0.3) is 5.82 Å². The van der Waals surface area contributed by atoms with E-state index in [1.807, 2.05) is 6.07 Å². The minimum atomic E-state index is -5.07. The SMILES string of the molecule is N#Cc1cccc(NC(=O)c2cnn(-c3ccc(C(F)(F)F)cn3)c2C(F)(F)F)c1. The third-order valence-electron chi connectivity index (χ3n) is 3.82. The lowest BCUT2D eigenvalue weighted by molar-refractivity contribution is -0.143.